The lowest BCUT2D eigenvalue weighted by Gasteiger charge is -2.35. The maximum atomic E-state index is 13.2. The molecule has 4 aliphatic rings. The smallest absolute Gasteiger partial charge is 0.261 e. The molecule has 1 aliphatic carbocycles. The van der Waals surface area contributed by atoms with Crippen LogP contribution in [0.15, 0.2) is 18.2 Å². The summed E-state index contributed by atoms with van der Waals surface area (Å²) in [4.78, 5) is 56.2. The number of imide groups is 2. The van der Waals surface area contributed by atoms with E-state index in [2.05, 4.69) is 20.4 Å². The van der Waals surface area contributed by atoms with E-state index in [0.29, 0.717) is 11.1 Å². The number of amides is 4. The number of piperidine rings is 1. The molecule has 1 saturated carbocycles. The van der Waals surface area contributed by atoms with Gasteiger partial charge in [-0.3, -0.25) is 29.4 Å². The van der Waals surface area contributed by atoms with Gasteiger partial charge in [-0.1, -0.05) is 31.7 Å². The van der Waals surface area contributed by atoms with Crippen molar-refractivity contribution < 1.29 is 19.2 Å². The molecule has 3 fully saturated rings. The topological polar surface area (TPSA) is 102 Å². The molecule has 0 aromatic heterocycles. The number of benzene rings is 1. The largest absolute Gasteiger partial charge is 0.384 e. The number of nitrogens with one attached hydrogen (secondary N) is 2. The molecular formula is C28H39N5O4. The summed E-state index contributed by atoms with van der Waals surface area (Å²) in [6.07, 6.45) is 8.54. The zero-order chi connectivity index (χ0) is 25.8. The number of hydrogen-bond acceptors (Lipinski definition) is 7. The Morgan fingerprint density at radius 3 is 2.41 bits per heavy atom. The van der Waals surface area contributed by atoms with Gasteiger partial charge in [-0.25, -0.2) is 0 Å². The van der Waals surface area contributed by atoms with E-state index in [1.807, 2.05) is 12.1 Å². The lowest BCUT2D eigenvalue weighted by atomic mass is 9.93. The van der Waals surface area contributed by atoms with Crippen LogP contribution in [-0.2, 0) is 20.8 Å². The molecule has 200 valence electrons. The van der Waals surface area contributed by atoms with Crippen LogP contribution >= 0.6 is 0 Å². The van der Waals surface area contributed by atoms with Crippen LogP contribution in [0.25, 0.3) is 0 Å². The summed E-state index contributed by atoms with van der Waals surface area (Å²) in [6.45, 7) is 7.32. The predicted molar refractivity (Wildman–Crippen MR) is 140 cm³/mol. The number of anilines is 1. The van der Waals surface area contributed by atoms with E-state index in [1.54, 1.807) is 6.07 Å². The quantitative estimate of drug-likeness (QED) is 0.517. The maximum Gasteiger partial charge on any atom is 0.261 e. The first kappa shape index (κ1) is 25.9. The molecule has 0 radical (unpaired) electrons. The maximum absolute atomic E-state index is 13.2. The first-order valence-electron chi connectivity index (χ1n) is 14.0. The van der Waals surface area contributed by atoms with Gasteiger partial charge >= 0.3 is 0 Å². The van der Waals surface area contributed by atoms with E-state index in [4.69, 9.17) is 0 Å². The fraction of sp³-hybridized carbons (Fsp3) is 0.643. The Morgan fingerprint density at radius 1 is 0.892 bits per heavy atom. The number of hydrogen-bond donors (Lipinski definition) is 2. The first-order valence-corrected chi connectivity index (χ1v) is 14.0. The Bertz CT molecular complexity index is 1040. The summed E-state index contributed by atoms with van der Waals surface area (Å²) in [5.74, 6) is -0.868. The van der Waals surface area contributed by atoms with Crippen LogP contribution in [0.3, 0.4) is 0 Å². The minimum atomic E-state index is -0.928. The average molecular weight is 510 g/mol. The van der Waals surface area contributed by atoms with Crippen LogP contribution in [0.1, 0.15) is 67.3 Å². The molecule has 9 heteroatoms. The molecular weight excluding hydrogens is 470 g/mol. The van der Waals surface area contributed by atoms with Gasteiger partial charge in [-0.05, 0) is 62.5 Å². The van der Waals surface area contributed by atoms with Gasteiger partial charge in [-0.2, -0.15) is 0 Å². The second-order valence-electron chi connectivity index (χ2n) is 10.9. The van der Waals surface area contributed by atoms with Crippen molar-refractivity contribution >= 4 is 29.3 Å². The van der Waals surface area contributed by atoms with E-state index in [1.165, 1.54) is 51.6 Å². The molecule has 1 aromatic rings. The molecule has 1 atom stereocenters. The molecule has 9 nitrogen and oxygen atoms in total. The van der Waals surface area contributed by atoms with Gasteiger partial charge in [0.15, 0.2) is 0 Å². The second kappa shape index (κ2) is 11.7. The fourth-order valence-corrected chi connectivity index (χ4v) is 6.35. The molecule has 0 bridgehead atoms. The Labute approximate surface area is 218 Å². The summed E-state index contributed by atoms with van der Waals surface area (Å²) in [7, 11) is 0. The zero-order valence-electron chi connectivity index (χ0n) is 21.7. The molecule has 1 aromatic carbocycles. The van der Waals surface area contributed by atoms with Crippen molar-refractivity contribution in [1.82, 2.24) is 20.0 Å². The van der Waals surface area contributed by atoms with Crippen LogP contribution in [0, 0.1) is 5.92 Å². The number of carbonyl (C=O) groups is 4. The summed E-state index contributed by atoms with van der Waals surface area (Å²) >= 11 is 0. The van der Waals surface area contributed by atoms with Crippen molar-refractivity contribution in [1.29, 1.82) is 0 Å². The Kier molecular flexibility index (Phi) is 8.20. The van der Waals surface area contributed by atoms with Crippen molar-refractivity contribution in [3.05, 3.63) is 29.3 Å². The van der Waals surface area contributed by atoms with Crippen molar-refractivity contribution in [2.75, 3.05) is 51.1 Å². The molecule has 5 rings (SSSR count). The molecule has 3 aliphatic heterocycles. The molecule has 37 heavy (non-hydrogen) atoms. The molecule has 2 saturated heterocycles. The van der Waals surface area contributed by atoms with Crippen LogP contribution in [0.5, 0.6) is 0 Å². The van der Waals surface area contributed by atoms with E-state index in [-0.39, 0.29) is 25.2 Å². The Hall–Kier alpha value is -2.78. The van der Waals surface area contributed by atoms with Crippen molar-refractivity contribution in [2.24, 2.45) is 5.92 Å². The first-order chi connectivity index (χ1) is 18.0. The predicted octanol–water partition coefficient (Wildman–Crippen LogP) is 2.02. The molecule has 4 amide bonds. The highest BCUT2D eigenvalue weighted by molar-refractivity contribution is 6.14. The van der Waals surface area contributed by atoms with E-state index in [9.17, 15) is 19.2 Å². The van der Waals surface area contributed by atoms with Crippen LogP contribution in [-0.4, -0.2) is 90.2 Å². The lowest BCUT2D eigenvalue weighted by Crippen LogP contribution is -2.58. The third kappa shape index (κ3) is 6.04. The highest BCUT2D eigenvalue weighted by atomic mass is 16.2. The number of fused-ring (bicyclic) bond motifs is 1. The normalized spacial score (nSPS) is 24.2. The van der Waals surface area contributed by atoms with E-state index in [0.717, 1.165) is 49.2 Å². The van der Waals surface area contributed by atoms with Gasteiger partial charge in [-0.15, -0.1) is 0 Å². The number of nitrogens with zero attached hydrogens (tertiary/aromatic N) is 3. The van der Waals surface area contributed by atoms with Crippen LogP contribution < -0.4 is 10.6 Å². The highest BCUT2D eigenvalue weighted by Crippen LogP contribution is 2.30. The SMILES string of the molecule is O=C1CCC(N2C(=O)Cc3c(NCCN4CCCN(CCC5CCCC5)CC4)cccc3C2=O)C(=O)N1. The van der Waals surface area contributed by atoms with Gasteiger partial charge in [0.25, 0.3) is 5.91 Å². The van der Waals surface area contributed by atoms with Crippen molar-refractivity contribution in [3.63, 3.8) is 0 Å². The highest BCUT2D eigenvalue weighted by Gasteiger charge is 2.42. The number of rotatable bonds is 8. The minimum Gasteiger partial charge on any atom is -0.384 e. The third-order valence-corrected chi connectivity index (χ3v) is 8.50. The van der Waals surface area contributed by atoms with Gasteiger partial charge < -0.3 is 15.1 Å². The van der Waals surface area contributed by atoms with Crippen molar-refractivity contribution in [2.45, 2.75) is 63.8 Å². The average Bonchev–Trinajstić information content (AvgIpc) is 3.30. The van der Waals surface area contributed by atoms with E-state index < -0.39 is 23.8 Å². The summed E-state index contributed by atoms with van der Waals surface area (Å²) in [5, 5.41) is 5.71. The minimum absolute atomic E-state index is 0.0572. The van der Waals surface area contributed by atoms with Crippen LogP contribution in [0.2, 0.25) is 0 Å². The zero-order valence-corrected chi connectivity index (χ0v) is 21.7. The third-order valence-electron chi connectivity index (χ3n) is 8.50. The van der Waals surface area contributed by atoms with Crippen LogP contribution in [0.4, 0.5) is 5.69 Å². The fourth-order valence-electron chi connectivity index (χ4n) is 6.35. The number of carbonyl (C=O) groups excluding carboxylic acids is 4. The van der Waals surface area contributed by atoms with Gasteiger partial charge in [0, 0.05) is 43.9 Å². The second-order valence-corrected chi connectivity index (χ2v) is 10.9. The Morgan fingerprint density at radius 2 is 1.65 bits per heavy atom. The molecule has 2 N–H and O–H groups in total. The van der Waals surface area contributed by atoms with Gasteiger partial charge in [0.05, 0.1) is 6.42 Å². The summed E-state index contributed by atoms with van der Waals surface area (Å²) in [6, 6.07) is 4.51. The summed E-state index contributed by atoms with van der Waals surface area (Å²) < 4.78 is 0. The standard InChI is InChI=1S/C28H39N5O4/c34-25-10-9-24(27(36)30-25)33-26(35)19-22-21(28(33)37)7-3-8-23(22)29-12-16-32-14-4-13-31(17-18-32)15-11-20-5-1-2-6-20/h3,7-8,20,24,29H,1-2,4-6,9-19H2,(H,30,34,36). The monoisotopic (exact) mass is 509 g/mol. The van der Waals surface area contributed by atoms with E-state index >= 15 is 0 Å². The van der Waals surface area contributed by atoms with Gasteiger partial charge in [0.2, 0.25) is 17.7 Å². The van der Waals surface area contributed by atoms with Crippen molar-refractivity contribution in [3.8, 4) is 0 Å². The Balaban J connectivity index is 1.14. The summed E-state index contributed by atoms with van der Waals surface area (Å²) in [5.41, 5.74) is 1.94. The lowest BCUT2D eigenvalue weighted by molar-refractivity contribution is -0.143. The molecule has 0 spiro atoms. The molecule has 3 heterocycles. The molecule has 1 unspecified atom stereocenters. The van der Waals surface area contributed by atoms with Gasteiger partial charge in [0.1, 0.15) is 6.04 Å².